The van der Waals surface area contributed by atoms with E-state index in [2.05, 4.69) is 37.1 Å². The highest BCUT2D eigenvalue weighted by molar-refractivity contribution is 5.35. The number of hydrogen-bond acceptors (Lipinski definition) is 3. The van der Waals surface area contributed by atoms with Crippen LogP contribution in [0.2, 0.25) is 0 Å². The molecule has 0 bridgehead atoms. The summed E-state index contributed by atoms with van der Waals surface area (Å²) in [5, 5.41) is 3.27. The quantitative estimate of drug-likeness (QED) is 0.887. The highest BCUT2D eigenvalue weighted by Crippen LogP contribution is 2.22. The van der Waals surface area contributed by atoms with Gasteiger partial charge in [-0.2, -0.15) is 0 Å². The predicted octanol–water partition coefficient (Wildman–Crippen LogP) is 3.60. The minimum Gasteiger partial charge on any atom is -0.439 e. The Morgan fingerprint density at radius 3 is 2.42 bits per heavy atom. The van der Waals surface area contributed by atoms with Crippen molar-refractivity contribution in [2.45, 2.75) is 27.3 Å². The standard InChI is InChI=1S/C16H20N2O/c1-4-17-10-14-5-6-16(18-11-14)19-15-8-12(2)7-13(3)9-15/h5-9,11,17H,4,10H2,1-3H3. The van der Waals surface area contributed by atoms with Gasteiger partial charge in [0.15, 0.2) is 0 Å². The first-order valence-electron chi connectivity index (χ1n) is 6.59. The van der Waals surface area contributed by atoms with E-state index in [9.17, 15) is 0 Å². The predicted molar refractivity (Wildman–Crippen MR) is 77.6 cm³/mol. The molecule has 2 aromatic rings. The van der Waals surface area contributed by atoms with Crippen LogP contribution in [0.5, 0.6) is 11.6 Å². The molecule has 3 nitrogen and oxygen atoms in total. The maximum atomic E-state index is 5.77. The van der Waals surface area contributed by atoms with Crippen LogP contribution in [0.25, 0.3) is 0 Å². The summed E-state index contributed by atoms with van der Waals surface area (Å²) in [6.45, 7) is 8.01. The van der Waals surface area contributed by atoms with Gasteiger partial charge in [0.1, 0.15) is 5.75 Å². The van der Waals surface area contributed by atoms with Gasteiger partial charge in [0.05, 0.1) is 0 Å². The van der Waals surface area contributed by atoms with Gasteiger partial charge >= 0.3 is 0 Å². The van der Waals surface area contributed by atoms with Gasteiger partial charge in [0, 0.05) is 18.8 Å². The van der Waals surface area contributed by atoms with Gasteiger partial charge < -0.3 is 10.1 Å². The number of ether oxygens (including phenoxy) is 1. The first kappa shape index (κ1) is 13.6. The van der Waals surface area contributed by atoms with E-state index in [0.29, 0.717) is 5.88 Å². The van der Waals surface area contributed by atoms with Crippen LogP contribution in [-0.2, 0) is 6.54 Å². The fraction of sp³-hybridized carbons (Fsp3) is 0.312. The van der Waals surface area contributed by atoms with Crippen LogP contribution >= 0.6 is 0 Å². The van der Waals surface area contributed by atoms with E-state index in [0.717, 1.165) is 24.4 Å². The van der Waals surface area contributed by atoms with E-state index in [1.165, 1.54) is 11.1 Å². The molecular weight excluding hydrogens is 236 g/mol. The number of nitrogens with zero attached hydrogens (tertiary/aromatic N) is 1. The van der Waals surface area contributed by atoms with Crippen molar-refractivity contribution < 1.29 is 4.74 Å². The normalized spacial score (nSPS) is 10.5. The molecule has 2 rings (SSSR count). The second kappa shape index (κ2) is 6.34. The molecule has 0 amide bonds. The maximum Gasteiger partial charge on any atom is 0.219 e. The van der Waals surface area contributed by atoms with Gasteiger partial charge in [-0.15, -0.1) is 0 Å². The molecule has 0 aliphatic carbocycles. The Morgan fingerprint density at radius 1 is 1.11 bits per heavy atom. The lowest BCUT2D eigenvalue weighted by molar-refractivity contribution is 0.461. The third-order valence-electron chi connectivity index (χ3n) is 2.79. The summed E-state index contributed by atoms with van der Waals surface area (Å²) in [6, 6.07) is 10.1. The Balaban J connectivity index is 2.06. The van der Waals surface area contributed by atoms with E-state index in [-0.39, 0.29) is 0 Å². The average Bonchev–Trinajstić information content (AvgIpc) is 2.37. The number of hydrogen-bond donors (Lipinski definition) is 1. The highest BCUT2D eigenvalue weighted by atomic mass is 16.5. The van der Waals surface area contributed by atoms with Crippen molar-refractivity contribution in [2.24, 2.45) is 0 Å². The molecule has 19 heavy (non-hydrogen) atoms. The Kier molecular flexibility index (Phi) is 4.53. The number of rotatable bonds is 5. The molecule has 0 atom stereocenters. The minimum absolute atomic E-state index is 0.630. The van der Waals surface area contributed by atoms with Crippen molar-refractivity contribution in [2.75, 3.05) is 6.54 Å². The number of benzene rings is 1. The number of aromatic nitrogens is 1. The molecule has 0 unspecified atom stereocenters. The summed E-state index contributed by atoms with van der Waals surface area (Å²) >= 11 is 0. The smallest absolute Gasteiger partial charge is 0.219 e. The Morgan fingerprint density at radius 2 is 1.84 bits per heavy atom. The van der Waals surface area contributed by atoms with Crippen molar-refractivity contribution in [3.63, 3.8) is 0 Å². The lowest BCUT2D eigenvalue weighted by atomic mass is 10.1. The lowest BCUT2D eigenvalue weighted by Crippen LogP contribution is -2.11. The molecule has 1 heterocycles. The largest absolute Gasteiger partial charge is 0.439 e. The zero-order chi connectivity index (χ0) is 13.7. The molecule has 0 spiro atoms. The van der Waals surface area contributed by atoms with E-state index in [4.69, 9.17) is 4.74 Å². The third-order valence-corrected chi connectivity index (χ3v) is 2.79. The fourth-order valence-electron chi connectivity index (χ4n) is 1.96. The van der Waals surface area contributed by atoms with E-state index in [1.54, 1.807) is 0 Å². The van der Waals surface area contributed by atoms with Crippen LogP contribution < -0.4 is 10.1 Å². The molecular formula is C16H20N2O. The van der Waals surface area contributed by atoms with Gasteiger partial charge in [-0.1, -0.05) is 19.1 Å². The molecule has 0 aliphatic heterocycles. The molecule has 1 aromatic heterocycles. The Hall–Kier alpha value is -1.87. The lowest BCUT2D eigenvalue weighted by Gasteiger charge is -2.08. The van der Waals surface area contributed by atoms with E-state index >= 15 is 0 Å². The second-order valence-corrected chi connectivity index (χ2v) is 4.71. The molecule has 0 radical (unpaired) electrons. The number of aryl methyl sites for hydroxylation is 2. The monoisotopic (exact) mass is 256 g/mol. The van der Waals surface area contributed by atoms with Gasteiger partial charge in [-0.3, -0.25) is 0 Å². The van der Waals surface area contributed by atoms with Crippen LogP contribution in [0.4, 0.5) is 0 Å². The number of pyridine rings is 1. The summed E-state index contributed by atoms with van der Waals surface area (Å²) in [5.74, 6) is 1.47. The highest BCUT2D eigenvalue weighted by Gasteiger charge is 2.01. The third kappa shape index (κ3) is 4.07. The van der Waals surface area contributed by atoms with Crippen LogP contribution in [0.1, 0.15) is 23.6 Å². The van der Waals surface area contributed by atoms with Gasteiger partial charge in [-0.05, 0) is 49.2 Å². The van der Waals surface area contributed by atoms with Gasteiger partial charge in [0.2, 0.25) is 5.88 Å². The van der Waals surface area contributed by atoms with Gasteiger partial charge in [0.25, 0.3) is 0 Å². The molecule has 0 saturated heterocycles. The summed E-state index contributed by atoms with van der Waals surface area (Å²) in [6.07, 6.45) is 1.85. The second-order valence-electron chi connectivity index (χ2n) is 4.71. The summed E-state index contributed by atoms with van der Waals surface area (Å²) < 4.78 is 5.77. The first-order valence-corrected chi connectivity index (χ1v) is 6.59. The van der Waals surface area contributed by atoms with Crippen LogP contribution in [0.15, 0.2) is 36.5 Å². The fourth-order valence-corrected chi connectivity index (χ4v) is 1.96. The molecule has 3 heteroatoms. The van der Waals surface area contributed by atoms with Crippen molar-refractivity contribution in [1.29, 1.82) is 0 Å². The SMILES string of the molecule is CCNCc1ccc(Oc2cc(C)cc(C)c2)nc1. The van der Waals surface area contributed by atoms with Crippen LogP contribution in [0.3, 0.4) is 0 Å². The molecule has 1 N–H and O–H groups in total. The molecule has 100 valence electrons. The zero-order valence-electron chi connectivity index (χ0n) is 11.7. The summed E-state index contributed by atoms with van der Waals surface area (Å²) in [5.41, 5.74) is 3.55. The Bertz CT molecular complexity index is 515. The first-order chi connectivity index (χ1) is 9.17. The average molecular weight is 256 g/mol. The van der Waals surface area contributed by atoms with Crippen LogP contribution in [-0.4, -0.2) is 11.5 Å². The molecule has 0 aliphatic rings. The van der Waals surface area contributed by atoms with Crippen LogP contribution in [0, 0.1) is 13.8 Å². The van der Waals surface area contributed by atoms with Gasteiger partial charge in [-0.25, -0.2) is 4.98 Å². The van der Waals surface area contributed by atoms with Crippen molar-refractivity contribution >= 4 is 0 Å². The number of nitrogens with one attached hydrogen (secondary N) is 1. The van der Waals surface area contributed by atoms with Crippen molar-refractivity contribution in [1.82, 2.24) is 10.3 Å². The zero-order valence-corrected chi connectivity index (χ0v) is 11.7. The summed E-state index contributed by atoms with van der Waals surface area (Å²) in [7, 11) is 0. The van der Waals surface area contributed by atoms with Crippen molar-refractivity contribution in [3.05, 3.63) is 53.2 Å². The van der Waals surface area contributed by atoms with Crippen molar-refractivity contribution in [3.8, 4) is 11.6 Å². The maximum absolute atomic E-state index is 5.77. The minimum atomic E-state index is 0.630. The Labute approximate surface area is 114 Å². The molecule has 0 fully saturated rings. The van der Waals surface area contributed by atoms with E-state index in [1.807, 2.05) is 30.5 Å². The van der Waals surface area contributed by atoms with E-state index < -0.39 is 0 Å². The summed E-state index contributed by atoms with van der Waals surface area (Å²) in [4.78, 5) is 4.32. The molecule has 0 saturated carbocycles. The molecule has 1 aromatic carbocycles. The topological polar surface area (TPSA) is 34.1 Å².